The monoisotopic (exact) mass is 752 g/mol. The van der Waals surface area contributed by atoms with Crippen LogP contribution in [0.25, 0.3) is 0 Å². The second kappa shape index (κ2) is 20.2. The summed E-state index contributed by atoms with van der Waals surface area (Å²) in [7, 11) is 0. The molecule has 4 aromatic carbocycles. The Morgan fingerprint density at radius 2 is 1.62 bits per heavy atom. The molecular weight excluding hydrogens is 700 g/mol. The summed E-state index contributed by atoms with van der Waals surface area (Å²) in [5.41, 5.74) is 7.06. The van der Waals surface area contributed by atoms with Crippen LogP contribution in [0.5, 0.6) is 5.75 Å². The Labute approximate surface area is 323 Å². The summed E-state index contributed by atoms with van der Waals surface area (Å²) in [5, 5.41) is 20.3. The van der Waals surface area contributed by atoms with Crippen LogP contribution in [0.1, 0.15) is 70.3 Å². The third-order valence-electron chi connectivity index (χ3n) is 10.1. The highest BCUT2D eigenvalue weighted by Crippen LogP contribution is 2.34. The van der Waals surface area contributed by atoms with Crippen LogP contribution in [-0.2, 0) is 45.3 Å². The molecule has 1 saturated heterocycles. The molecule has 0 saturated carbocycles. The van der Waals surface area contributed by atoms with Crippen LogP contribution in [0.3, 0.4) is 0 Å². The molecule has 1 fully saturated rings. The van der Waals surface area contributed by atoms with Gasteiger partial charge in [-0.05, 0) is 77.4 Å². The minimum atomic E-state index is -0.330. The average molecular weight is 753 g/mol. The number of rotatable bonds is 18. The summed E-state index contributed by atoms with van der Waals surface area (Å²) in [6.07, 6.45) is 3.35. The zero-order valence-electron chi connectivity index (χ0n) is 31.5. The summed E-state index contributed by atoms with van der Waals surface area (Å²) in [5.74, 6) is 0.745. The van der Waals surface area contributed by atoms with Crippen LogP contribution in [0.4, 0.5) is 5.69 Å². The molecule has 3 N–H and O–H groups in total. The summed E-state index contributed by atoms with van der Waals surface area (Å²) >= 11 is 0. The fourth-order valence-corrected chi connectivity index (χ4v) is 7.22. The third-order valence-corrected chi connectivity index (χ3v) is 10.1. The molecule has 6 rings (SSSR count). The molecular formula is C43H52N4O8. The number of fused-ring (bicyclic) bond motifs is 1. The fourth-order valence-electron chi connectivity index (χ4n) is 7.22. The van der Waals surface area contributed by atoms with E-state index < -0.39 is 0 Å². The first kappa shape index (κ1) is 39.9. The highest BCUT2D eigenvalue weighted by Gasteiger charge is 2.34. The van der Waals surface area contributed by atoms with Gasteiger partial charge in [-0.3, -0.25) is 20.0 Å². The van der Waals surface area contributed by atoms with E-state index in [1.165, 1.54) is 11.3 Å². The number of nitrogens with one attached hydrogen (secondary N) is 1. The highest BCUT2D eigenvalue weighted by molar-refractivity contribution is 5.94. The van der Waals surface area contributed by atoms with Crippen molar-refractivity contribution in [2.45, 2.75) is 64.4 Å². The summed E-state index contributed by atoms with van der Waals surface area (Å²) < 4.78 is 18.6. The Bertz CT molecular complexity index is 1810. The SMILES string of the molecule is CC(=O)NCCN1CCCc2ccc(COC3CN(C(=O)c4ccc(CON(O)O)cc4)CCC3c3ccc(OCCCOCc4ccccc4)cc3)cc21. The molecule has 55 heavy (non-hydrogen) atoms. The Morgan fingerprint density at radius 1 is 0.855 bits per heavy atom. The van der Waals surface area contributed by atoms with Gasteiger partial charge in [-0.25, -0.2) is 4.84 Å². The molecule has 4 aromatic rings. The molecule has 292 valence electrons. The average Bonchev–Trinajstić information content (AvgIpc) is 3.21. The van der Waals surface area contributed by atoms with Crippen LogP contribution in [0.15, 0.2) is 97.1 Å². The van der Waals surface area contributed by atoms with Gasteiger partial charge in [0, 0.05) is 63.2 Å². The predicted molar refractivity (Wildman–Crippen MR) is 207 cm³/mol. The van der Waals surface area contributed by atoms with Gasteiger partial charge in [0.25, 0.3) is 5.91 Å². The van der Waals surface area contributed by atoms with Crippen molar-refractivity contribution in [3.8, 4) is 5.75 Å². The van der Waals surface area contributed by atoms with Gasteiger partial charge in [0.15, 0.2) is 0 Å². The minimum absolute atomic E-state index is 0.0277. The first-order valence-electron chi connectivity index (χ1n) is 19.1. The van der Waals surface area contributed by atoms with Crippen molar-refractivity contribution in [3.63, 3.8) is 0 Å². The minimum Gasteiger partial charge on any atom is -0.494 e. The number of amides is 2. The van der Waals surface area contributed by atoms with Crippen molar-refractivity contribution in [1.29, 1.82) is 0 Å². The Kier molecular flexibility index (Phi) is 14.6. The van der Waals surface area contributed by atoms with Gasteiger partial charge in [-0.1, -0.05) is 66.7 Å². The van der Waals surface area contributed by atoms with E-state index in [-0.39, 0.29) is 35.8 Å². The van der Waals surface area contributed by atoms with Gasteiger partial charge in [0.2, 0.25) is 5.91 Å². The normalized spacial score (nSPS) is 16.9. The highest BCUT2D eigenvalue weighted by atomic mass is 17.1. The number of likely N-dealkylation sites (tertiary alicyclic amines) is 1. The van der Waals surface area contributed by atoms with E-state index in [2.05, 4.69) is 52.7 Å². The molecule has 0 bridgehead atoms. The lowest BCUT2D eigenvalue weighted by Crippen LogP contribution is -2.46. The fraction of sp³-hybridized carbons (Fsp3) is 0.395. The number of carbonyl (C=O) groups excluding carboxylic acids is 2. The van der Waals surface area contributed by atoms with Crippen molar-refractivity contribution in [1.82, 2.24) is 15.6 Å². The lowest BCUT2D eigenvalue weighted by atomic mass is 9.86. The van der Waals surface area contributed by atoms with Gasteiger partial charge < -0.3 is 29.3 Å². The largest absolute Gasteiger partial charge is 0.494 e. The van der Waals surface area contributed by atoms with E-state index in [0.29, 0.717) is 57.2 Å². The second-order valence-corrected chi connectivity index (χ2v) is 14.1. The number of hydrogen-bond acceptors (Lipinski definition) is 10. The van der Waals surface area contributed by atoms with Crippen molar-refractivity contribution in [3.05, 3.63) is 130 Å². The van der Waals surface area contributed by atoms with E-state index in [0.717, 1.165) is 61.2 Å². The van der Waals surface area contributed by atoms with E-state index >= 15 is 0 Å². The number of anilines is 1. The maximum absolute atomic E-state index is 13.7. The molecule has 2 atom stereocenters. The lowest BCUT2D eigenvalue weighted by molar-refractivity contribution is -0.497. The van der Waals surface area contributed by atoms with Crippen molar-refractivity contribution in [2.24, 2.45) is 0 Å². The standard InChI is InChI=1S/C43H52N4O8/c1-32(48)44-21-24-45-22-5-9-37-13-12-35(27-41(37)45)30-54-42-28-46(43(49)38-14-10-34(11-15-38)31-55-47(50)51)23-20-40(42)36-16-18-39(19-17-36)53-26-6-25-52-29-33-7-3-2-4-8-33/h2-4,7-8,10-19,27,40,42,50-51H,5-6,9,20-26,28-31H2,1H3,(H,44,48). The van der Waals surface area contributed by atoms with Gasteiger partial charge in [-0.15, -0.1) is 0 Å². The van der Waals surface area contributed by atoms with Crippen LogP contribution < -0.4 is 15.0 Å². The first-order chi connectivity index (χ1) is 26.8. The molecule has 0 radical (unpaired) electrons. The Hall–Kier alpha value is -4.82. The molecule has 12 nitrogen and oxygen atoms in total. The van der Waals surface area contributed by atoms with Gasteiger partial charge in [-0.2, -0.15) is 0 Å². The third kappa shape index (κ3) is 11.8. The summed E-state index contributed by atoms with van der Waals surface area (Å²) in [4.78, 5) is 34.1. The Balaban J connectivity index is 1.10. The van der Waals surface area contributed by atoms with Gasteiger partial charge in [0.1, 0.15) is 5.75 Å². The maximum atomic E-state index is 13.7. The van der Waals surface area contributed by atoms with Crippen LogP contribution in [-0.4, -0.2) is 84.6 Å². The van der Waals surface area contributed by atoms with Gasteiger partial charge in [0.05, 0.1) is 44.5 Å². The van der Waals surface area contributed by atoms with E-state index in [1.807, 2.05) is 35.2 Å². The van der Waals surface area contributed by atoms with Crippen molar-refractivity contribution >= 4 is 17.5 Å². The van der Waals surface area contributed by atoms with E-state index in [9.17, 15) is 9.59 Å². The molecule has 2 aliphatic heterocycles. The molecule has 0 spiro atoms. The van der Waals surface area contributed by atoms with Gasteiger partial charge >= 0.3 is 0 Å². The number of ether oxygens (including phenoxy) is 3. The van der Waals surface area contributed by atoms with Crippen molar-refractivity contribution in [2.75, 3.05) is 50.8 Å². The number of hydrogen-bond donors (Lipinski definition) is 3. The predicted octanol–water partition coefficient (Wildman–Crippen LogP) is 6.29. The summed E-state index contributed by atoms with van der Waals surface area (Å²) in [6.45, 7) is 6.92. The van der Waals surface area contributed by atoms with Crippen molar-refractivity contribution < 1.29 is 39.1 Å². The zero-order chi connectivity index (χ0) is 38.4. The molecule has 2 aliphatic rings. The number of benzene rings is 4. The van der Waals surface area contributed by atoms with Crippen LogP contribution in [0.2, 0.25) is 0 Å². The second-order valence-electron chi connectivity index (χ2n) is 14.1. The number of aryl methyl sites for hydroxylation is 1. The van der Waals surface area contributed by atoms with Crippen LogP contribution in [0, 0.1) is 0 Å². The first-order valence-corrected chi connectivity index (χ1v) is 19.1. The lowest BCUT2D eigenvalue weighted by Gasteiger charge is -2.39. The Morgan fingerprint density at radius 3 is 2.38 bits per heavy atom. The molecule has 2 unspecified atom stereocenters. The quantitative estimate of drug-likeness (QED) is 0.0788. The molecule has 2 amide bonds. The van der Waals surface area contributed by atoms with E-state index in [1.54, 1.807) is 31.2 Å². The molecule has 0 aliphatic carbocycles. The molecule has 2 heterocycles. The summed E-state index contributed by atoms with van der Waals surface area (Å²) in [6, 6.07) is 31.8. The molecule has 12 heteroatoms. The zero-order valence-corrected chi connectivity index (χ0v) is 31.5. The maximum Gasteiger partial charge on any atom is 0.253 e. The van der Waals surface area contributed by atoms with Crippen LogP contribution >= 0.6 is 0 Å². The number of nitrogens with zero attached hydrogens (tertiary/aromatic N) is 3. The smallest absolute Gasteiger partial charge is 0.253 e. The number of carbonyl (C=O) groups is 2. The molecule has 0 aromatic heterocycles. The van der Waals surface area contributed by atoms with E-state index in [4.69, 9.17) is 29.5 Å². The topological polar surface area (TPSA) is 133 Å². The number of piperidine rings is 1.